The Bertz CT molecular complexity index is 1250. The van der Waals surface area contributed by atoms with E-state index in [0.29, 0.717) is 57.7 Å². The maximum atomic E-state index is 12.5. The number of halogens is 3. The number of methoxy groups -OCH3 is 1. The van der Waals surface area contributed by atoms with Gasteiger partial charge in [0.1, 0.15) is 11.6 Å². The van der Waals surface area contributed by atoms with E-state index in [0.717, 1.165) is 5.82 Å². The summed E-state index contributed by atoms with van der Waals surface area (Å²) in [7, 11) is 1.28. The second-order valence-electron chi connectivity index (χ2n) is 7.35. The van der Waals surface area contributed by atoms with Gasteiger partial charge in [-0.15, -0.1) is 16.8 Å². The van der Waals surface area contributed by atoms with Gasteiger partial charge in [0.25, 0.3) is 0 Å². The molecule has 1 amide bonds. The number of aryl methyl sites for hydroxylation is 1. The highest BCUT2D eigenvalue weighted by Crippen LogP contribution is 2.28. The van der Waals surface area contributed by atoms with Crippen LogP contribution in [0.2, 0.25) is 15.1 Å². The van der Waals surface area contributed by atoms with E-state index in [4.69, 9.17) is 44.3 Å². The minimum atomic E-state index is -0.525. The largest absolute Gasteiger partial charge is 0.492 e. The highest BCUT2D eigenvalue weighted by atomic mass is 35.5. The van der Waals surface area contributed by atoms with Crippen molar-refractivity contribution in [1.29, 1.82) is 0 Å². The molecule has 190 valence electrons. The van der Waals surface area contributed by atoms with E-state index in [1.54, 1.807) is 24.3 Å². The van der Waals surface area contributed by atoms with Crippen LogP contribution in [0.5, 0.6) is 5.75 Å². The molecule has 0 aliphatic rings. The fourth-order valence-corrected chi connectivity index (χ4v) is 4.50. The number of thioether (sulfide) groups is 1. The van der Waals surface area contributed by atoms with Crippen molar-refractivity contribution in [3.05, 3.63) is 75.5 Å². The number of rotatable bonds is 12. The van der Waals surface area contributed by atoms with E-state index in [-0.39, 0.29) is 17.2 Å². The summed E-state index contributed by atoms with van der Waals surface area (Å²) in [6.07, 6.45) is 3.02. The summed E-state index contributed by atoms with van der Waals surface area (Å²) in [5.41, 5.74) is 0.599. The molecule has 0 atom stereocenters. The van der Waals surface area contributed by atoms with Gasteiger partial charge in [0.2, 0.25) is 5.91 Å². The molecule has 0 fully saturated rings. The Morgan fingerprint density at radius 1 is 1.14 bits per heavy atom. The zero-order valence-electron chi connectivity index (χ0n) is 19.3. The molecule has 3 aromatic rings. The number of ether oxygens (including phenoxy) is 2. The average Bonchev–Trinajstić information content (AvgIpc) is 3.24. The van der Waals surface area contributed by atoms with Crippen molar-refractivity contribution in [2.24, 2.45) is 0 Å². The van der Waals surface area contributed by atoms with Gasteiger partial charge in [0.15, 0.2) is 5.16 Å². The quantitative estimate of drug-likeness (QED) is 0.125. The van der Waals surface area contributed by atoms with Crippen LogP contribution in [-0.2, 0) is 22.5 Å². The third-order valence-corrected chi connectivity index (χ3v) is 6.62. The Kier molecular flexibility index (Phi) is 10.5. The number of hydrogen-bond donors (Lipinski definition) is 1. The number of carbonyl (C=O) groups excluding carboxylic acids is 2. The van der Waals surface area contributed by atoms with Crippen LogP contribution >= 0.6 is 46.6 Å². The molecule has 0 aliphatic heterocycles. The number of anilines is 1. The standard InChI is InChI=1S/C24H23Cl3N4O4S/c1-3-10-31-21(5-4-11-35-20-9-7-16(25)13-18(20)27)29-30-24(31)36-14-22(32)28-19-12-15(23(33)34-2)6-8-17(19)26/h3,6-9,12-13H,1,4-5,10-11,14H2,2H3,(H,28,32). The Balaban J connectivity index is 1.56. The summed E-state index contributed by atoms with van der Waals surface area (Å²) in [6.45, 7) is 4.71. The topological polar surface area (TPSA) is 95.3 Å². The minimum absolute atomic E-state index is 0.0617. The SMILES string of the molecule is C=CCn1c(CCCOc2ccc(Cl)cc2Cl)nnc1SCC(=O)Nc1cc(C(=O)OC)ccc1Cl. The number of benzene rings is 2. The first kappa shape index (κ1) is 27.9. The second-order valence-corrected chi connectivity index (χ2v) is 9.54. The molecule has 2 aromatic carbocycles. The van der Waals surface area contributed by atoms with Crippen LogP contribution in [0, 0.1) is 0 Å². The maximum Gasteiger partial charge on any atom is 0.337 e. The van der Waals surface area contributed by atoms with E-state index in [1.807, 2.05) is 4.57 Å². The molecular formula is C24H23Cl3N4O4S. The zero-order chi connectivity index (χ0) is 26.1. The smallest absolute Gasteiger partial charge is 0.337 e. The molecule has 0 aliphatic carbocycles. The lowest BCUT2D eigenvalue weighted by Crippen LogP contribution is -2.16. The number of amides is 1. The first-order valence-corrected chi connectivity index (χ1v) is 12.9. The van der Waals surface area contributed by atoms with Crippen molar-refractivity contribution in [3.63, 3.8) is 0 Å². The van der Waals surface area contributed by atoms with E-state index >= 15 is 0 Å². The Morgan fingerprint density at radius 3 is 2.67 bits per heavy atom. The third-order valence-electron chi connectivity index (χ3n) is 4.80. The molecule has 0 saturated heterocycles. The van der Waals surface area contributed by atoms with Crippen LogP contribution in [-0.4, -0.2) is 46.1 Å². The van der Waals surface area contributed by atoms with E-state index in [1.165, 1.54) is 37.1 Å². The van der Waals surface area contributed by atoms with Gasteiger partial charge in [-0.05, 0) is 42.8 Å². The summed E-state index contributed by atoms with van der Waals surface area (Å²) in [5.74, 6) is 0.535. The number of hydrogen-bond acceptors (Lipinski definition) is 7. The molecule has 36 heavy (non-hydrogen) atoms. The lowest BCUT2D eigenvalue weighted by Gasteiger charge is -2.10. The van der Waals surface area contributed by atoms with Gasteiger partial charge in [-0.3, -0.25) is 4.79 Å². The van der Waals surface area contributed by atoms with E-state index in [9.17, 15) is 9.59 Å². The van der Waals surface area contributed by atoms with Crippen molar-refractivity contribution >= 4 is 64.1 Å². The number of aromatic nitrogens is 3. The van der Waals surface area contributed by atoms with Gasteiger partial charge in [0, 0.05) is 18.0 Å². The molecular weight excluding hydrogens is 547 g/mol. The minimum Gasteiger partial charge on any atom is -0.492 e. The van der Waals surface area contributed by atoms with Crippen LogP contribution in [0.1, 0.15) is 22.6 Å². The summed E-state index contributed by atoms with van der Waals surface area (Å²) < 4.78 is 12.3. The summed E-state index contributed by atoms with van der Waals surface area (Å²) in [6, 6.07) is 9.58. The monoisotopic (exact) mass is 568 g/mol. The van der Waals surface area contributed by atoms with Crippen molar-refractivity contribution in [1.82, 2.24) is 14.8 Å². The lowest BCUT2D eigenvalue weighted by atomic mass is 10.2. The Labute approximate surface area is 227 Å². The zero-order valence-corrected chi connectivity index (χ0v) is 22.4. The molecule has 1 N–H and O–H groups in total. The first-order valence-electron chi connectivity index (χ1n) is 10.7. The molecule has 1 aromatic heterocycles. The van der Waals surface area contributed by atoms with Gasteiger partial charge in [-0.1, -0.05) is 52.6 Å². The molecule has 0 saturated carbocycles. The molecule has 12 heteroatoms. The predicted octanol–water partition coefficient (Wildman–Crippen LogP) is 5.95. The van der Waals surface area contributed by atoms with Crippen molar-refractivity contribution in [2.75, 3.05) is 24.8 Å². The van der Waals surface area contributed by atoms with Crippen LogP contribution in [0.15, 0.2) is 54.2 Å². The lowest BCUT2D eigenvalue weighted by molar-refractivity contribution is -0.113. The number of carbonyl (C=O) groups is 2. The maximum absolute atomic E-state index is 12.5. The normalized spacial score (nSPS) is 10.7. The van der Waals surface area contributed by atoms with Crippen LogP contribution in [0.3, 0.4) is 0 Å². The fourth-order valence-electron chi connectivity index (χ4n) is 3.11. The van der Waals surface area contributed by atoms with E-state index < -0.39 is 5.97 Å². The summed E-state index contributed by atoms with van der Waals surface area (Å²) in [4.78, 5) is 24.3. The van der Waals surface area contributed by atoms with Gasteiger partial charge >= 0.3 is 5.97 Å². The average molecular weight is 570 g/mol. The van der Waals surface area contributed by atoms with E-state index in [2.05, 4.69) is 22.1 Å². The number of allylic oxidation sites excluding steroid dienone is 1. The molecule has 0 bridgehead atoms. The summed E-state index contributed by atoms with van der Waals surface area (Å²) in [5, 5.41) is 13.1. The molecule has 0 spiro atoms. The number of esters is 1. The highest BCUT2D eigenvalue weighted by Gasteiger charge is 2.15. The number of nitrogens with zero attached hydrogens (tertiary/aromatic N) is 3. The van der Waals surface area contributed by atoms with Gasteiger partial charge in [0.05, 0.1) is 40.8 Å². The Morgan fingerprint density at radius 2 is 1.94 bits per heavy atom. The number of nitrogens with one attached hydrogen (secondary N) is 1. The highest BCUT2D eigenvalue weighted by molar-refractivity contribution is 7.99. The fraction of sp³-hybridized carbons (Fsp3) is 0.250. The van der Waals surface area contributed by atoms with Crippen molar-refractivity contribution in [3.8, 4) is 5.75 Å². The molecule has 1 heterocycles. The predicted molar refractivity (Wildman–Crippen MR) is 143 cm³/mol. The molecule has 0 radical (unpaired) electrons. The van der Waals surface area contributed by atoms with Gasteiger partial charge in [-0.25, -0.2) is 4.79 Å². The third kappa shape index (κ3) is 7.64. The Hall–Kier alpha value is -2.72. The molecule has 0 unspecified atom stereocenters. The van der Waals surface area contributed by atoms with Crippen LogP contribution < -0.4 is 10.1 Å². The van der Waals surface area contributed by atoms with Gasteiger partial charge in [-0.2, -0.15) is 0 Å². The molecule has 3 rings (SSSR count). The van der Waals surface area contributed by atoms with Crippen molar-refractivity contribution in [2.45, 2.75) is 24.5 Å². The van der Waals surface area contributed by atoms with Crippen molar-refractivity contribution < 1.29 is 19.1 Å². The second kappa shape index (κ2) is 13.5. The van der Waals surface area contributed by atoms with Gasteiger partial charge < -0.3 is 19.4 Å². The summed E-state index contributed by atoms with van der Waals surface area (Å²) >= 11 is 19.4. The first-order chi connectivity index (χ1) is 17.3. The van der Waals surface area contributed by atoms with Crippen LogP contribution in [0.4, 0.5) is 5.69 Å². The van der Waals surface area contributed by atoms with Crippen LogP contribution in [0.25, 0.3) is 0 Å². The molecule has 8 nitrogen and oxygen atoms in total.